The minimum absolute atomic E-state index is 0.218. The van der Waals surface area contributed by atoms with Crippen molar-refractivity contribution in [1.29, 1.82) is 5.26 Å². The van der Waals surface area contributed by atoms with Crippen LogP contribution in [0, 0.1) is 18.3 Å². The highest BCUT2D eigenvalue weighted by Crippen LogP contribution is 2.37. The number of fused-ring (bicyclic) bond motifs is 1. The maximum Gasteiger partial charge on any atom is 0.231 e. The van der Waals surface area contributed by atoms with Crippen LogP contribution in [0.2, 0.25) is 5.15 Å². The molecule has 0 aliphatic carbocycles. The summed E-state index contributed by atoms with van der Waals surface area (Å²) in [7, 11) is 0. The quantitative estimate of drug-likeness (QED) is 0.747. The highest BCUT2D eigenvalue weighted by Gasteiger charge is 2.17. The van der Waals surface area contributed by atoms with Gasteiger partial charge in [0, 0.05) is 11.3 Å². The van der Waals surface area contributed by atoms with E-state index in [4.69, 9.17) is 21.1 Å². The molecule has 0 atom stereocenters. The van der Waals surface area contributed by atoms with E-state index in [9.17, 15) is 5.26 Å². The van der Waals surface area contributed by atoms with Crippen molar-refractivity contribution >= 4 is 11.6 Å². The van der Waals surface area contributed by atoms with Gasteiger partial charge in [0.05, 0.1) is 5.56 Å². The van der Waals surface area contributed by atoms with Gasteiger partial charge in [-0.25, -0.2) is 4.98 Å². The number of aromatic nitrogens is 1. The first-order chi connectivity index (χ1) is 9.19. The van der Waals surface area contributed by atoms with E-state index in [1.165, 1.54) is 0 Å². The molecule has 0 bridgehead atoms. The van der Waals surface area contributed by atoms with Gasteiger partial charge in [0.25, 0.3) is 0 Å². The third-order valence-electron chi connectivity index (χ3n) is 2.90. The van der Waals surface area contributed by atoms with Crippen LogP contribution in [-0.4, -0.2) is 11.8 Å². The zero-order valence-corrected chi connectivity index (χ0v) is 10.9. The summed E-state index contributed by atoms with van der Waals surface area (Å²) in [5, 5.41) is 9.43. The second kappa shape index (κ2) is 4.45. The summed E-state index contributed by atoms with van der Waals surface area (Å²) >= 11 is 6.01. The van der Waals surface area contributed by atoms with Crippen molar-refractivity contribution in [1.82, 2.24) is 4.98 Å². The largest absolute Gasteiger partial charge is 0.454 e. The van der Waals surface area contributed by atoms with E-state index < -0.39 is 0 Å². The summed E-state index contributed by atoms with van der Waals surface area (Å²) < 4.78 is 10.6. The maximum atomic E-state index is 9.21. The normalized spacial score (nSPS) is 12.3. The minimum atomic E-state index is 0.218. The molecule has 0 saturated carbocycles. The summed E-state index contributed by atoms with van der Waals surface area (Å²) in [6, 6.07) is 9.46. The Morgan fingerprint density at radius 1 is 1.26 bits per heavy atom. The number of halogens is 1. The van der Waals surface area contributed by atoms with E-state index >= 15 is 0 Å². The predicted molar refractivity (Wildman–Crippen MR) is 70.3 cm³/mol. The van der Waals surface area contributed by atoms with E-state index in [2.05, 4.69) is 11.1 Å². The van der Waals surface area contributed by atoms with Crippen molar-refractivity contribution in [2.45, 2.75) is 6.92 Å². The van der Waals surface area contributed by atoms with Crippen LogP contribution >= 0.6 is 11.6 Å². The average molecular weight is 273 g/mol. The number of hydrogen-bond donors (Lipinski definition) is 0. The summed E-state index contributed by atoms with van der Waals surface area (Å²) in [5.74, 6) is 1.38. The lowest BCUT2D eigenvalue weighted by molar-refractivity contribution is 0.174. The second-order valence-corrected chi connectivity index (χ2v) is 4.51. The molecule has 5 heteroatoms. The van der Waals surface area contributed by atoms with E-state index in [-0.39, 0.29) is 11.9 Å². The van der Waals surface area contributed by atoms with Gasteiger partial charge in [-0.05, 0) is 30.7 Å². The van der Waals surface area contributed by atoms with Crippen molar-refractivity contribution in [3.63, 3.8) is 0 Å². The Balaban J connectivity index is 2.20. The number of benzene rings is 1. The summed E-state index contributed by atoms with van der Waals surface area (Å²) in [6.45, 7) is 2.06. The smallest absolute Gasteiger partial charge is 0.231 e. The fourth-order valence-electron chi connectivity index (χ4n) is 2.03. The Kier molecular flexibility index (Phi) is 2.77. The van der Waals surface area contributed by atoms with Crippen LogP contribution in [0.5, 0.6) is 11.5 Å². The van der Waals surface area contributed by atoms with Crippen molar-refractivity contribution in [3.05, 3.63) is 40.7 Å². The van der Waals surface area contributed by atoms with Crippen LogP contribution < -0.4 is 9.47 Å². The average Bonchev–Trinajstić information content (AvgIpc) is 2.85. The van der Waals surface area contributed by atoms with Gasteiger partial charge < -0.3 is 9.47 Å². The Bertz CT molecular complexity index is 707. The lowest BCUT2D eigenvalue weighted by atomic mass is 10.0. The molecule has 2 aromatic rings. The van der Waals surface area contributed by atoms with Crippen LogP contribution in [0.3, 0.4) is 0 Å². The van der Waals surface area contributed by atoms with Gasteiger partial charge in [-0.3, -0.25) is 0 Å². The molecule has 1 aromatic heterocycles. The second-order valence-electron chi connectivity index (χ2n) is 4.16. The van der Waals surface area contributed by atoms with Crippen LogP contribution in [0.1, 0.15) is 11.3 Å². The first-order valence-electron chi connectivity index (χ1n) is 5.66. The number of aryl methyl sites for hydroxylation is 1. The minimum Gasteiger partial charge on any atom is -0.454 e. The fourth-order valence-corrected chi connectivity index (χ4v) is 2.31. The molecule has 0 unspecified atom stereocenters. The molecule has 19 heavy (non-hydrogen) atoms. The van der Waals surface area contributed by atoms with Crippen molar-refractivity contribution in [2.75, 3.05) is 6.79 Å². The fraction of sp³-hybridized carbons (Fsp3) is 0.143. The molecule has 3 rings (SSSR count). The molecule has 0 saturated heterocycles. The molecule has 1 aliphatic heterocycles. The number of rotatable bonds is 1. The van der Waals surface area contributed by atoms with Gasteiger partial charge in [-0.2, -0.15) is 5.26 Å². The third-order valence-corrected chi connectivity index (χ3v) is 3.17. The maximum absolute atomic E-state index is 9.21. The van der Waals surface area contributed by atoms with Gasteiger partial charge in [-0.15, -0.1) is 0 Å². The molecular formula is C14H9ClN2O2. The number of nitrogens with zero attached hydrogens (tertiary/aromatic N) is 2. The Labute approximate surface area is 115 Å². The molecule has 0 fully saturated rings. The topological polar surface area (TPSA) is 55.1 Å². The molecule has 2 heterocycles. The standard InChI is InChI=1S/C14H9ClN2O2/c1-8-4-10(11(6-16)14(15)17-8)9-2-3-12-13(5-9)19-7-18-12/h2-5H,7H2,1H3. The number of hydrogen-bond acceptors (Lipinski definition) is 4. The number of ether oxygens (including phenoxy) is 2. The third kappa shape index (κ3) is 1.98. The van der Waals surface area contributed by atoms with Crippen LogP contribution in [0.15, 0.2) is 24.3 Å². The predicted octanol–water partition coefficient (Wildman–Crippen LogP) is 3.31. The van der Waals surface area contributed by atoms with E-state index in [0.717, 1.165) is 16.8 Å². The van der Waals surface area contributed by atoms with Gasteiger partial charge in [-0.1, -0.05) is 17.7 Å². The Morgan fingerprint density at radius 2 is 2.05 bits per heavy atom. The van der Waals surface area contributed by atoms with Crippen molar-refractivity contribution in [2.24, 2.45) is 0 Å². The first-order valence-corrected chi connectivity index (χ1v) is 6.04. The van der Waals surface area contributed by atoms with E-state index in [1.807, 2.05) is 31.2 Å². The SMILES string of the molecule is Cc1cc(-c2ccc3c(c2)OCO3)c(C#N)c(Cl)n1. The molecule has 0 spiro atoms. The molecule has 94 valence electrons. The monoisotopic (exact) mass is 272 g/mol. The first kappa shape index (κ1) is 11.8. The number of nitriles is 1. The Morgan fingerprint density at radius 3 is 2.84 bits per heavy atom. The lowest BCUT2D eigenvalue weighted by Gasteiger charge is -2.08. The van der Waals surface area contributed by atoms with Crippen LogP contribution in [0.25, 0.3) is 11.1 Å². The molecule has 1 aromatic carbocycles. The summed E-state index contributed by atoms with van der Waals surface area (Å²) in [6.07, 6.45) is 0. The lowest BCUT2D eigenvalue weighted by Crippen LogP contribution is -1.93. The van der Waals surface area contributed by atoms with Crippen LogP contribution in [0.4, 0.5) is 0 Å². The van der Waals surface area contributed by atoms with E-state index in [1.54, 1.807) is 0 Å². The Hall–Kier alpha value is -2.25. The molecule has 0 radical (unpaired) electrons. The molecular weight excluding hydrogens is 264 g/mol. The van der Waals surface area contributed by atoms with Gasteiger partial charge in [0.1, 0.15) is 11.2 Å². The zero-order chi connectivity index (χ0) is 13.4. The molecule has 0 amide bonds. The van der Waals surface area contributed by atoms with Crippen molar-refractivity contribution in [3.8, 4) is 28.7 Å². The molecule has 1 aliphatic rings. The zero-order valence-electron chi connectivity index (χ0n) is 10.1. The van der Waals surface area contributed by atoms with Crippen LogP contribution in [-0.2, 0) is 0 Å². The number of pyridine rings is 1. The van der Waals surface area contributed by atoms with Gasteiger partial charge in [0.2, 0.25) is 6.79 Å². The highest BCUT2D eigenvalue weighted by atomic mass is 35.5. The van der Waals surface area contributed by atoms with E-state index in [0.29, 0.717) is 17.1 Å². The summed E-state index contributed by atoms with van der Waals surface area (Å²) in [5.41, 5.74) is 2.73. The molecule has 0 N–H and O–H groups in total. The molecule has 4 nitrogen and oxygen atoms in total. The highest BCUT2D eigenvalue weighted by molar-refractivity contribution is 6.31. The van der Waals surface area contributed by atoms with Gasteiger partial charge >= 0.3 is 0 Å². The van der Waals surface area contributed by atoms with Crippen molar-refractivity contribution < 1.29 is 9.47 Å². The van der Waals surface area contributed by atoms with Gasteiger partial charge in [0.15, 0.2) is 11.5 Å². The summed E-state index contributed by atoms with van der Waals surface area (Å²) in [4.78, 5) is 4.09.